The molecule has 0 heterocycles. The van der Waals surface area contributed by atoms with Crippen LogP contribution < -0.4 is 15.2 Å². The molecule has 0 radical (unpaired) electrons. The van der Waals surface area contributed by atoms with Gasteiger partial charge >= 0.3 is 0 Å². The van der Waals surface area contributed by atoms with Crippen LogP contribution in [0.1, 0.15) is 22.8 Å². The minimum absolute atomic E-state index is 0.0981. The number of benzene rings is 2. The van der Waals surface area contributed by atoms with E-state index in [0.717, 1.165) is 12.0 Å². The third-order valence-corrected chi connectivity index (χ3v) is 4.25. The SMILES string of the molecule is CCc1cccc(NC(=O)c2cc(S(N)(=O)=O)ccc2OC)c1. The van der Waals surface area contributed by atoms with Crippen molar-refractivity contribution < 1.29 is 17.9 Å². The number of methoxy groups -OCH3 is 1. The molecular weight excluding hydrogens is 316 g/mol. The van der Waals surface area contributed by atoms with E-state index in [9.17, 15) is 13.2 Å². The van der Waals surface area contributed by atoms with Gasteiger partial charge in [0, 0.05) is 5.69 Å². The molecule has 0 unspecified atom stereocenters. The molecule has 0 saturated heterocycles. The Kier molecular flexibility index (Phi) is 5.02. The summed E-state index contributed by atoms with van der Waals surface area (Å²) in [4.78, 5) is 12.3. The molecule has 3 N–H and O–H groups in total. The van der Waals surface area contributed by atoms with Crippen LogP contribution in [0, 0.1) is 0 Å². The van der Waals surface area contributed by atoms with Crippen LogP contribution >= 0.6 is 0 Å². The lowest BCUT2D eigenvalue weighted by Gasteiger charge is -2.11. The van der Waals surface area contributed by atoms with Gasteiger partial charge in [-0.1, -0.05) is 19.1 Å². The summed E-state index contributed by atoms with van der Waals surface area (Å²) in [6.45, 7) is 2.01. The Labute approximate surface area is 135 Å². The predicted octanol–water partition coefficient (Wildman–Crippen LogP) is 2.16. The molecule has 0 aromatic heterocycles. The largest absolute Gasteiger partial charge is 0.496 e. The van der Waals surface area contributed by atoms with E-state index in [-0.39, 0.29) is 16.2 Å². The standard InChI is InChI=1S/C16H18N2O4S/c1-3-11-5-4-6-12(9-11)18-16(19)14-10-13(23(17,20)21)7-8-15(14)22-2/h4-10H,3H2,1-2H3,(H,18,19)(H2,17,20,21). The van der Waals surface area contributed by atoms with Crippen LogP contribution in [0.3, 0.4) is 0 Å². The summed E-state index contributed by atoms with van der Waals surface area (Å²) in [5.41, 5.74) is 1.80. The minimum Gasteiger partial charge on any atom is -0.496 e. The van der Waals surface area contributed by atoms with Crippen LogP contribution in [0.4, 0.5) is 5.69 Å². The molecule has 2 aromatic carbocycles. The van der Waals surface area contributed by atoms with Crippen molar-refractivity contribution in [3.05, 3.63) is 53.6 Å². The Balaban J connectivity index is 2.37. The Morgan fingerprint density at radius 3 is 2.57 bits per heavy atom. The fourth-order valence-electron chi connectivity index (χ4n) is 2.11. The number of anilines is 1. The molecule has 0 atom stereocenters. The molecule has 0 aliphatic carbocycles. The molecule has 1 amide bonds. The molecule has 2 aromatic rings. The average molecular weight is 334 g/mol. The van der Waals surface area contributed by atoms with Gasteiger partial charge in [-0.15, -0.1) is 0 Å². The first kappa shape index (κ1) is 17.0. The van der Waals surface area contributed by atoms with Crippen molar-refractivity contribution in [2.24, 2.45) is 5.14 Å². The van der Waals surface area contributed by atoms with Crippen molar-refractivity contribution in [3.63, 3.8) is 0 Å². The minimum atomic E-state index is -3.90. The first-order valence-corrected chi connectivity index (χ1v) is 8.51. The quantitative estimate of drug-likeness (QED) is 0.875. The maximum atomic E-state index is 12.4. The highest BCUT2D eigenvalue weighted by Gasteiger charge is 2.17. The summed E-state index contributed by atoms with van der Waals surface area (Å²) < 4.78 is 28.0. The molecule has 0 aliphatic heterocycles. The topological polar surface area (TPSA) is 98.5 Å². The number of rotatable bonds is 5. The molecule has 0 bridgehead atoms. The molecule has 6 nitrogen and oxygen atoms in total. The molecule has 0 saturated carbocycles. The summed E-state index contributed by atoms with van der Waals surface area (Å²) in [5, 5.41) is 7.84. The predicted molar refractivity (Wildman–Crippen MR) is 88.1 cm³/mol. The van der Waals surface area contributed by atoms with Crippen molar-refractivity contribution in [2.45, 2.75) is 18.2 Å². The maximum Gasteiger partial charge on any atom is 0.259 e. The van der Waals surface area contributed by atoms with Gasteiger partial charge < -0.3 is 10.1 Å². The molecule has 0 aliphatic rings. The van der Waals surface area contributed by atoms with Gasteiger partial charge in [-0.05, 0) is 42.3 Å². The lowest BCUT2D eigenvalue weighted by molar-refractivity contribution is 0.102. The number of nitrogens with two attached hydrogens (primary N) is 1. The van der Waals surface area contributed by atoms with Crippen molar-refractivity contribution in [1.29, 1.82) is 0 Å². The fourth-order valence-corrected chi connectivity index (χ4v) is 2.65. The third-order valence-electron chi connectivity index (χ3n) is 3.34. The zero-order valence-corrected chi connectivity index (χ0v) is 13.7. The summed E-state index contributed by atoms with van der Waals surface area (Å²) in [6, 6.07) is 11.3. The van der Waals surface area contributed by atoms with Crippen LogP contribution in [0.25, 0.3) is 0 Å². The van der Waals surface area contributed by atoms with Gasteiger partial charge in [0.05, 0.1) is 17.6 Å². The van der Waals surface area contributed by atoms with E-state index in [1.165, 1.54) is 25.3 Å². The number of sulfonamides is 1. The third kappa shape index (κ3) is 4.08. The van der Waals surface area contributed by atoms with E-state index in [4.69, 9.17) is 9.88 Å². The molecule has 0 fully saturated rings. The lowest BCUT2D eigenvalue weighted by atomic mass is 10.1. The molecule has 23 heavy (non-hydrogen) atoms. The van der Waals surface area contributed by atoms with Crippen LogP contribution in [0.5, 0.6) is 5.75 Å². The second kappa shape index (κ2) is 6.80. The van der Waals surface area contributed by atoms with E-state index >= 15 is 0 Å². The van der Waals surface area contributed by atoms with Gasteiger partial charge in [0.2, 0.25) is 10.0 Å². The van der Waals surface area contributed by atoms with E-state index in [1.54, 1.807) is 6.07 Å². The van der Waals surface area contributed by atoms with E-state index in [0.29, 0.717) is 5.69 Å². The summed E-state index contributed by atoms with van der Waals surface area (Å²) >= 11 is 0. The van der Waals surface area contributed by atoms with Gasteiger partial charge in [-0.2, -0.15) is 0 Å². The Hall–Kier alpha value is -2.38. The molecule has 7 heteroatoms. The maximum absolute atomic E-state index is 12.4. The summed E-state index contributed by atoms with van der Waals surface area (Å²) in [5.74, 6) is -0.206. The van der Waals surface area contributed by atoms with Crippen LogP contribution in [-0.2, 0) is 16.4 Å². The molecule has 0 spiro atoms. The van der Waals surface area contributed by atoms with Crippen molar-refractivity contribution in [1.82, 2.24) is 0 Å². The first-order chi connectivity index (χ1) is 10.8. The number of ether oxygens (including phenoxy) is 1. The Morgan fingerprint density at radius 1 is 1.22 bits per heavy atom. The van der Waals surface area contributed by atoms with E-state index in [1.807, 2.05) is 25.1 Å². The second-order valence-corrected chi connectivity index (χ2v) is 6.48. The smallest absolute Gasteiger partial charge is 0.259 e. The first-order valence-electron chi connectivity index (χ1n) is 6.96. The number of carbonyl (C=O) groups is 1. The van der Waals surface area contributed by atoms with Gasteiger partial charge in [-0.3, -0.25) is 4.79 Å². The average Bonchev–Trinajstić information content (AvgIpc) is 2.53. The highest BCUT2D eigenvalue weighted by molar-refractivity contribution is 7.89. The summed E-state index contributed by atoms with van der Waals surface area (Å²) in [7, 11) is -2.50. The number of amides is 1. The number of aryl methyl sites for hydroxylation is 1. The van der Waals surface area contributed by atoms with Crippen LogP contribution in [-0.4, -0.2) is 21.4 Å². The zero-order valence-electron chi connectivity index (χ0n) is 12.9. The van der Waals surface area contributed by atoms with Crippen molar-refractivity contribution in [2.75, 3.05) is 12.4 Å². The van der Waals surface area contributed by atoms with Crippen LogP contribution in [0.15, 0.2) is 47.4 Å². The second-order valence-electron chi connectivity index (χ2n) is 4.92. The van der Waals surface area contributed by atoms with Crippen LogP contribution in [0.2, 0.25) is 0 Å². The number of hydrogen-bond acceptors (Lipinski definition) is 4. The highest BCUT2D eigenvalue weighted by atomic mass is 32.2. The van der Waals surface area contributed by atoms with Gasteiger partial charge in [-0.25, -0.2) is 13.6 Å². The van der Waals surface area contributed by atoms with Gasteiger partial charge in [0.25, 0.3) is 5.91 Å². The molecular formula is C16H18N2O4S. The highest BCUT2D eigenvalue weighted by Crippen LogP contribution is 2.23. The lowest BCUT2D eigenvalue weighted by Crippen LogP contribution is -2.16. The van der Waals surface area contributed by atoms with Gasteiger partial charge in [0.15, 0.2) is 0 Å². The fraction of sp³-hybridized carbons (Fsp3) is 0.188. The van der Waals surface area contributed by atoms with Crippen molar-refractivity contribution >= 4 is 21.6 Å². The van der Waals surface area contributed by atoms with Crippen molar-refractivity contribution in [3.8, 4) is 5.75 Å². The normalized spacial score (nSPS) is 11.1. The number of primary sulfonamides is 1. The zero-order chi connectivity index (χ0) is 17.0. The number of nitrogens with one attached hydrogen (secondary N) is 1. The molecule has 2 rings (SSSR count). The Morgan fingerprint density at radius 2 is 1.96 bits per heavy atom. The Bertz CT molecular complexity index is 832. The monoisotopic (exact) mass is 334 g/mol. The number of hydrogen-bond donors (Lipinski definition) is 2. The van der Waals surface area contributed by atoms with E-state index in [2.05, 4.69) is 5.32 Å². The summed E-state index contributed by atoms with van der Waals surface area (Å²) in [6.07, 6.45) is 0.841. The van der Waals surface area contributed by atoms with Gasteiger partial charge in [0.1, 0.15) is 5.75 Å². The van der Waals surface area contributed by atoms with E-state index < -0.39 is 15.9 Å². The molecule has 122 valence electrons. The number of carbonyl (C=O) groups excluding carboxylic acids is 1.